The first-order valence-corrected chi connectivity index (χ1v) is 23.7. The molecule has 7 nitrogen and oxygen atoms in total. The van der Waals surface area contributed by atoms with Gasteiger partial charge in [-0.3, -0.25) is 9.13 Å². The Kier molecular flexibility index (Phi) is 8.23. The van der Waals surface area contributed by atoms with E-state index < -0.39 is 0 Å². The summed E-state index contributed by atoms with van der Waals surface area (Å²) >= 11 is 0. The highest BCUT2D eigenvalue weighted by atomic mass is 15.3. The van der Waals surface area contributed by atoms with Crippen LogP contribution in [0.3, 0.4) is 0 Å². The molecule has 0 amide bonds. The molecule has 0 aliphatic carbocycles. The maximum atomic E-state index is 5.70. The van der Waals surface area contributed by atoms with E-state index in [9.17, 15) is 0 Å². The summed E-state index contributed by atoms with van der Waals surface area (Å²) in [5.74, 6) is 1.62. The lowest BCUT2D eigenvalue weighted by Gasteiger charge is -2.19. The Morgan fingerprint density at radius 2 is 0.629 bits per heavy atom. The van der Waals surface area contributed by atoms with E-state index in [2.05, 4.69) is 255 Å². The van der Waals surface area contributed by atoms with Gasteiger partial charge in [-0.25, -0.2) is 0 Å². The SMILES string of the molecule is c1ccc(-n2c3ccccc3c3cc(-c4cccc(-n5c6ccccc6c6ccccc65)c4-c4nc(-n5c6ccccc6c6ccccc65)nc(-n5c6ccccc6c6ccccc65)n4)ccc32)cc1. The molecule has 0 saturated carbocycles. The van der Waals surface area contributed by atoms with Gasteiger partial charge in [-0.05, 0) is 83.9 Å². The van der Waals surface area contributed by atoms with Crippen molar-refractivity contribution in [3.05, 3.63) is 237 Å². The number of fused-ring (bicyclic) bond motifs is 12. The molecule has 0 unspecified atom stereocenters. The number of nitrogens with zero attached hydrogens (tertiary/aromatic N) is 7. The maximum Gasteiger partial charge on any atom is 0.240 e. The van der Waals surface area contributed by atoms with Gasteiger partial charge >= 0.3 is 0 Å². The van der Waals surface area contributed by atoms with Crippen molar-refractivity contribution in [2.75, 3.05) is 0 Å². The lowest BCUT2D eigenvalue weighted by Crippen LogP contribution is -2.11. The lowest BCUT2D eigenvalue weighted by atomic mass is 9.95. The minimum Gasteiger partial charge on any atom is -0.309 e. The van der Waals surface area contributed by atoms with Crippen LogP contribution in [0.5, 0.6) is 0 Å². The minimum absolute atomic E-state index is 0.531. The first-order chi connectivity index (χ1) is 34.8. The molecule has 0 N–H and O–H groups in total. The number of benzene rings is 10. The topological polar surface area (TPSA) is 58.4 Å². The van der Waals surface area contributed by atoms with Crippen molar-refractivity contribution in [1.29, 1.82) is 0 Å². The van der Waals surface area contributed by atoms with E-state index in [-0.39, 0.29) is 0 Å². The van der Waals surface area contributed by atoms with Crippen molar-refractivity contribution in [2.24, 2.45) is 0 Å². The highest BCUT2D eigenvalue weighted by molar-refractivity contribution is 6.13. The summed E-state index contributed by atoms with van der Waals surface area (Å²) in [6.45, 7) is 0. The van der Waals surface area contributed by atoms with Crippen molar-refractivity contribution in [3.63, 3.8) is 0 Å². The third kappa shape index (κ3) is 5.54. The molecule has 7 heteroatoms. The maximum absolute atomic E-state index is 5.70. The first kappa shape index (κ1) is 38.5. The van der Waals surface area contributed by atoms with Crippen molar-refractivity contribution in [1.82, 2.24) is 33.2 Å². The lowest BCUT2D eigenvalue weighted by molar-refractivity contribution is 0.892. The summed E-state index contributed by atoms with van der Waals surface area (Å²) in [6.07, 6.45) is 0. The number of rotatable bonds is 6. The van der Waals surface area contributed by atoms with Gasteiger partial charge in [0.2, 0.25) is 11.9 Å². The first-order valence-electron chi connectivity index (χ1n) is 23.7. The molecule has 0 fully saturated rings. The fourth-order valence-corrected chi connectivity index (χ4v) is 11.3. The zero-order chi connectivity index (χ0) is 45.9. The molecule has 15 aromatic rings. The third-order valence-corrected chi connectivity index (χ3v) is 14.3. The van der Waals surface area contributed by atoms with Crippen LogP contribution in [0, 0.1) is 0 Å². The minimum atomic E-state index is 0.531. The summed E-state index contributed by atoms with van der Waals surface area (Å²) in [5.41, 5.74) is 13.6. The molecule has 5 heterocycles. The van der Waals surface area contributed by atoms with Crippen molar-refractivity contribution in [2.45, 2.75) is 0 Å². The van der Waals surface area contributed by atoms with Gasteiger partial charge < -0.3 is 9.13 Å². The van der Waals surface area contributed by atoms with Gasteiger partial charge in [0, 0.05) is 48.8 Å². The summed E-state index contributed by atoms with van der Waals surface area (Å²) < 4.78 is 9.18. The Bertz CT molecular complexity index is 4310. The number of hydrogen-bond acceptors (Lipinski definition) is 3. The molecule has 70 heavy (non-hydrogen) atoms. The quantitative estimate of drug-likeness (QED) is 0.167. The van der Waals surface area contributed by atoms with Gasteiger partial charge in [0.15, 0.2) is 5.82 Å². The molecule has 5 aromatic heterocycles. The van der Waals surface area contributed by atoms with Crippen molar-refractivity contribution in [3.8, 4) is 45.8 Å². The molecule has 15 rings (SSSR count). The number of hydrogen-bond donors (Lipinski definition) is 0. The predicted octanol–water partition coefficient (Wildman–Crippen LogP) is 15.6. The summed E-state index contributed by atoms with van der Waals surface area (Å²) in [4.78, 5) is 16.9. The highest BCUT2D eigenvalue weighted by Crippen LogP contribution is 2.43. The van der Waals surface area contributed by atoms with Gasteiger partial charge in [-0.1, -0.05) is 164 Å². The molecule has 0 bridgehead atoms. The predicted molar refractivity (Wildman–Crippen MR) is 288 cm³/mol. The Morgan fingerprint density at radius 3 is 1.09 bits per heavy atom. The second kappa shape index (κ2) is 15.0. The van der Waals surface area contributed by atoms with Crippen LogP contribution in [0.4, 0.5) is 0 Å². The Balaban J connectivity index is 1.10. The van der Waals surface area contributed by atoms with E-state index in [1.54, 1.807) is 0 Å². The van der Waals surface area contributed by atoms with E-state index in [1.165, 1.54) is 16.2 Å². The largest absolute Gasteiger partial charge is 0.309 e. The van der Waals surface area contributed by atoms with Gasteiger partial charge in [0.1, 0.15) is 0 Å². The molecule has 0 saturated heterocycles. The summed E-state index contributed by atoms with van der Waals surface area (Å²) in [7, 11) is 0. The smallest absolute Gasteiger partial charge is 0.240 e. The zero-order valence-corrected chi connectivity index (χ0v) is 37.6. The second-order valence-corrected chi connectivity index (χ2v) is 18.0. The van der Waals surface area contributed by atoms with E-state index in [0.29, 0.717) is 17.7 Å². The highest BCUT2D eigenvalue weighted by Gasteiger charge is 2.26. The molecule has 0 spiro atoms. The summed E-state index contributed by atoms with van der Waals surface area (Å²) in [6, 6.07) is 84.4. The van der Waals surface area contributed by atoms with Gasteiger partial charge in [-0.15, -0.1) is 0 Å². The van der Waals surface area contributed by atoms with E-state index >= 15 is 0 Å². The number of para-hydroxylation sites is 8. The molecule has 0 atom stereocenters. The monoisotopic (exact) mass is 893 g/mol. The van der Waals surface area contributed by atoms with Crippen LogP contribution in [0.1, 0.15) is 0 Å². The van der Waals surface area contributed by atoms with Crippen LogP contribution >= 0.6 is 0 Å². The van der Waals surface area contributed by atoms with Gasteiger partial charge in [0.25, 0.3) is 0 Å². The van der Waals surface area contributed by atoms with Crippen LogP contribution in [0.2, 0.25) is 0 Å². The fourth-order valence-electron chi connectivity index (χ4n) is 11.3. The molecule has 0 aliphatic rings. The van der Waals surface area contributed by atoms with Gasteiger partial charge in [-0.2, -0.15) is 15.0 Å². The third-order valence-electron chi connectivity index (χ3n) is 14.3. The van der Waals surface area contributed by atoms with E-state index in [1.807, 2.05) is 0 Å². The Hall–Kier alpha value is -9.59. The average Bonchev–Trinajstić information content (AvgIpc) is 4.16. The van der Waals surface area contributed by atoms with Crippen LogP contribution in [0.15, 0.2) is 237 Å². The Morgan fingerprint density at radius 1 is 0.257 bits per heavy atom. The van der Waals surface area contributed by atoms with Crippen molar-refractivity contribution >= 4 is 87.2 Å². The van der Waals surface area contributed by atoms with Crippen LogP contribution in [-0.4, -0.2) is 33.2 Å². The van der Waals surface area contributed by atoms with Gasteiger partial charge in [0.05, 0.1) is 55.4 Å². The Labute approximate surface area is 401 Å². The molecular formula is C63H39N7. The molecule has 0 radical (unpaired) electrons. The van der Waals surface area contributed by atoms with E-state index in [4.69, 9.17) is 15.0 Å². The molecule has 10 aromatic carbocycles. The van der Waals surface area contributed by atoms with E-state index in [0.717, 1.165) is 99.1 Å². The zero-order valence-electron chi connectivity index (χ0n) is 37.6. The average molecular weight is 894 g/mol. The second-order valence-electron chi connectivity index (χ2n) is 18.0. The fraction of sp³-hybridized carbons (Fsp3) is 0. The van der Waals surface area contributed by atoms with Crippen LogP contribution in [-0.2, 0) is 0 Å². The standard InChI is InChI=1S/C63H39N7/c1-2-19-41(20-3-1)67-51-29-11-10-27-49(51)50-39-40(37-38-58(50)67)42-28-18-36-59(68-52-30-12-4-21-43(52)44-22-5-13-31-53(44)68)60(42)61-64-62(69-54-32-14-6-23-45(54)46-24-7-15-33-55(46)69)66-63(65-61)70-56-34-16-8-25-47(56)48-26-9-17-35-57(48)70/h1-39H. The van der Waals surface area contributed by atoms with Crippen LogP contribution in [0.25, 0.3) is 133 Å². The molecular weight excluding hydrogens is 855 g/mol. The number of aromatic nitrogens is 7. The normalized spacial score (nSPS) is 12.0. The summed E-state index contributed by atoms with van der Waals surface area (Å²) in [5, 5.41) is 9.24. The molecule has 326 valence electrons. The van der Waals surface area contributed by atoms with Crippen molar-refractivity contribution < 1.29 is 0 Å². The van der Waals surface area contributed by atoms with Crippen LogP contribution < -0.4 is 0 Å². The molecule has 0 aliphatic heterocycles.